The monoisotopic (exact) mass is 253 g/mol. The van der Waals surface area contributed by atoms with E-state index in [4.69, 9.17) is 0 Å². The van der Waals surface area contributed by atoms with Crippen LogP contribution in [0.25, 0.3) is 0 Å². The highest BCUT2D eigenvalue weighted by Crippen LogP contribution is 2.15. The summed E-state index contributed by atoms with van der Waals surface area (Å²) < 4.78 is 0. The molecule has 0 bridgehead atoms. The molecule has 2 fully saturated rings. The maximum atomic E-state index is 12.0. The number of likely N-dealkylation sites (tertiary alicyclic amines) is 2. The van der Waals surface area contributed by atoms with E-state index >= 15 is 0 Å². The van der Waals surface area contributed by atoms with Crippen molar-refractivity contribution in [1.29, 1.82) is 0 Å². The van der Waals surface area contributed by atoms with E-state index in [1.807, 2.05) is 23.6 Å². The van der Waals surface area contributed by atoms with Crippen molar-refractivity contribution in [3.8, 4) is 0 Å². The minimum Gasteiger partial charge on any atom is -0.338 e. The smallest absolute Gasteiger partial charge is 0.317 e. The second kappa shape index (κ2) is 5.59. The molecule has 2 aliphatic heterocycles. The van der Waals surface area contributed by atoms with E-state index in [0.29, 0.717) is 13.0 Å². The Morgan fingerprint density at radius 3 is 2.50 bits per heavy atom. The lowest BCUT2D eigenvalue weighted by Gasteiger charge is -2.28. The minimum atomic E-state index is -0.0191. The van der Waals surface area contributed by atoms with Gasteiger partial charge in [0.25, 0.3) is 0 Å². The highest BCUT2D eigenvalue weighted by Gasteiger charge is 2.32. The van der Waals surface area contributed by atoms with Gasteiger partial charge in [0.1, 0.15) is 0 Å². The Bertz CT molecular complexity index is 324. The second-order valence-corrected chi connectivity index (χ2v) is 5.54. The summed E-state index contributed by atoms with van der Waals surface area (Å²) in [5.41, 5.74) is 0. The number of carbonyl (C=O) groups excluding carboxylic acids is 2. The number of hydrogen-bond donors (Lipinski definition) is 1. The third-order valence-corrected chi connectivity index (χ3v) is 3.75. The zero-order chi connectivity index (χ0) is 13.1. The maximum absolute atomic E-state index is 12.0. The fourth-order valence-electron chi connectivity index (χ4n) is 2.69. The predicted octanol–water partition coefficient (Wildman–Crippen LogP) is 1.19. The molecule has 0 radical (unpaired) electrons. The third-order valence-electron chi connectivity index (χ3n) is 3.75. The lowest BCUT2D eigenvalue weighted by molar-refractivity contribution is -0.129. The van der Waals surface area contributed by atoms with Crippen LogP contribution in [-0.4, -0.2) is 53.5 Å². The van der Waals surface area contributed by atoms with Crippen LogP contribution < -0.4 is 5.32 Å². The van der Waals surface area contributed by atoms with Gasteiger partial charge in [-0.1, -0.05) is 0 Å². The van der Waals surface area contributed by atoms with E-state index in [-0.39, 0.29) is 24.0 Å². The summed E-state index contributed by atoms with van der Waals surface area (Å²) in [6, 6.07) is 0.196. The summed E-state index contributed by atoms with van der Waals surface area (Å²) in [7, 11) is 0. The van der Waals surface area contributed by atoms with E-state index in [0.717, 1.165) is 25.9 Å². The van der Waals surface area contributed by atoms with Gasteiger partial charge in [0.05, 0.1) is 6.04 Å². The van der Waals surface area contributed by atoms with Crippen molar-refractivity contribution in [1.82, 2.24) is 15.1 Å². The summed E-state index contributed by atoms with van der Waals surface area (Å²) >= 11 is 0. The van der Waals surface area contributed by atoms with Crippen molar-refractivity contribution in [2.24, 2.45) is 0 Å². The fourth-order valence-corrected chi connectivity index (χ4v) is 2.69. The van der Waals surface area contributed by atoms with Gasteiger partial charge in [-0.05, 0) is 33.1 Å². The number of carbonyl (C=O) groups is 2. The standard InChI is InChI=1S/C13H23N3O2/c1-10(2)16-9-11(8-12(16)17)14-13(18)15-6-4-3-5-7-15/h10-11H,3-9H2,1-2H3,(H,14,18). The number of hydrogen-bond acceptors (Lipinski definition) is 2. The average molecular weight is 253 g/mol. The van der Waals surface area contributed by atoms with E-state index in [1.54, 1.807) is 0 Å². The number of piperidine rings is 1. The molecule has 2 heterocycles. The molecule has 0 aliphatic carbocycles. The highest BCUT2D eigenvalue weighted by molar-refractivity contribution is 5.82. The topological polar surface area (TPSA) is 52.7 Å². The van der Waals surface area contributed by atoms with Gasteiger partial charge in [-0.25, -0.2) is 4.79 Å². The number of urea groups is 1. The van der Waals surface area contributed by atoms with Crippen LogP contribution in [0, 0.1) is 0 Å². The Labute approximate surface area is 108 Å². The van der Waals surface area contributed by atoms with Crippen LogP contribution in [0.2, 0.25) is 0 Å². The van der Waals surface area contributed by atoms with Gasteiger partial charge in [-0.3, -0.25) is 4.79 Å². The van der Waals surface area contributed by atoms with E-state index in [2.05, 4.69) is 5.32 Å². The van der Waals surface area contributed by atoms with E-state index in [1.165, 1.54) is 6.42 Å². The molecule has 1 unspecified atom stereocenters. The van der Waals surface area contributed by atoms with Crippen LogP contribution in [0.4, 0.5) is 4.79 Å². The molecule has 0 aromatic carbocycles. The van der Waals surface area contributed by atoms with Crippen molar-refractivity contribution in [2.75, 3.05) is 19.6 Å². The van der Waals surface area contributed by atoms with Crippen LogP contribution in [0.3, 0.4) is 0 Å². The fraction of sp³-hybridized carbons (Fsp3) is 0.846. The first-order valence-corrected chi connectivity index (χ1v) is 6.93. The van der Waals surface area contributed by atoms with Crippen molar-refractivity contribution in [2.45, 2.75) is 51.6 Å². The molecular weight excluding hydrogens is 230 g/mol. The van der Waals surface area contributed by atoms with E-state index in [9.17, 15) is 9.59 Å². The maximum Gasteiger partial charge on any atom is 0.317 e. The first-order chi connectivity index (χ1) is 8.58. The summed E-state index contributed by atoms with van der Waals surface area (Å²) in [6.07, 6.45) is 3.84. The van der Waals surface area contributed by atoms with Gasteiger partial charge in [0.15, 0.2) is 0 Å². The van der Waals surface area contributed by atoms with Crippen LogP contribution in [0.5, 0.6) is 0 Å². The Morgan fingerprint density at radius 1 is 1.28 bits per heavy atom. The van der Waals surface area contributed by atoms with Crippen molar-refractivity contribution < 1.29 is 9.59 Å². The zero-order valence-electron chi connectivity index (χ0n) is 11.3. The molecule has 2 saturated heterocycles. The number of nitrogens with one attached hydrogen (secondary N) is 1. The molecule has 18 heavy (non-hydrogen) atoms. The molecule has 5 heteroatoms. The zero-order valence-corrected chi connectivity index (χ0v) is 11.3. The molecule has 102 valence electrons. The molecular formula is C13H23N3O2. The number of nitrogens with zero attached hydrogens (tertiary/aromatic N) is 2. The minimum absolute atomic E-state index is 0.00175. The van der Waals surface area contributed by atoms with Gasteiger partial charge < -0.3 is 15.1 Å². The Hall–Kier alpha value is -1.26. The Balaban J connectivity index is 1.83. The molecule has 0 spiro atoms. The number of amides is 3. The first kappa shape index (κ1) is 13.2. The molecule has 1 N–H and O–H groups in total. The normalized spacial score (nSPS) is 24.8. The van der Waals surface area contributed by atoms with Crippen molar-refractivity contribution in [3.05, 3.63) is 0 Å². The van der Waals surface area contributed by atoms with Gasteiger partial charge in [-0.2, -0.15) is 0 Å². The Morgan fingerprint density at radius 2 is 1.94 bits per heavy atom. The summed E-state index contributed by atoms with van der Waals surface area (Å²) in [5, 5.41) is 2.99. The molecule has 0 aromatic heterocycles. The van der Waals surface area contributed by atoms with Crippen LogP contribution in [0.15, 0.2) is 0 Å². The van der Waals surface area contributed by atoms with Crippen molar-refractivity contribution in [3.63, 3.8) is 0 Å². The molecule has 0 saturated carbocycles. The van der Waals surface area contributed by atoms with Crippen LogP contribution in [0.1, 0.15) is 39.5 Å². The van der Waals surface area contributed by atoms with Gasteiger partial charge in [-0.15, -0.1) is 0 Å². The Kier molecular flexibility index (Phi) is 4.09. The molecule has 1 atom stereocenters. The van der Waals surface area contributed by atoms with Crippen molar-refractivity contribution >= 4 is 11.9 Å². The predicted molar refractivity (Wildman–Crippen MR) is 69.2 cm³/mol. The number of rotatable bonds is 2. The van der Waals surface area contributed by atoms with Gasteiger partial charge in [0, 0.05) is 32.1 Å². The summed E-state index contributed by atoms with van der Waals surface area (Å²) in [5.74, 6) is 0.147. The first-order valence-electron chi connectivity index (χ1n) is 6.93. The quantitative estimate of drug-likeness (QED) is 0.803. The summed E-state index contributed by atoms with van der Waals surface area (Å²) in [6.45, 7) is 6.36. The van der Waals surface area contributed by atoms with Gasteiger partial charge >= 0.3 is 6.03 Å². The van der Waals surface area contributed by atoms with Gasteiger partial charge in [0.2, 0.25) is 5.91 Å². The molecule has 3 amide bonds. The molecule has 2 rings (SSSR count). The van der Waals surface area contributed by atoms with E-state index < -0.39 is 0 Å². The molecule has 5 nitrogen and oxygen atoms in total. The lowest BCUT2D eigenvalue weighted by Crippen LogP contribution is -2.47. The SMILES string of the molecule is CC(C)N1CC(NC(=O)N2CCCCC2)CC1=O. The lowest BCUT2D eigenvalue weighted by atomic mass is 10.1. The highest BCUT2D eigenvalue weighted by atomic mass is 16.2. The molecule has 0 aromatic rings. The van der Waals surface area contributed by atoms with Crippen LogP contribution >= 0.6 is 0 Å². The third kappa shape index (κ3) is 2.94. The average Bonchev–Trinajstić information content (AvgIpc) is 2.71. The molecule has 2 aliphatic rings. The summed E-state index contributed by atoms with van der Waals surface area (Å²) in [4.78, 5) is 27.5. The van der Waals surface area contributed by atoms with Crippen LogP contribution in [-0.2, 0) is 4.79 Å². The second-order valence-electron chi connectivity index (χ2n) is 5.54. The largest absolute Gasteiger partial charge is 0.338 e.